The van der Waals surface area contributed by atoms with Crippen LogP contribution in [0.5, 0.6) is 5.75 Å². The fourth-order valence-electron chi connectivity index (χ4n) is 2.58. The fourth-order valence-corrected chi connectivity index (χ4v) is 3.41. The molecule has 0 aliphatic rings. The highest BCUT2D eigenvalue weighted by Crippen LogP contribution is 2.28. The Morgan fingerprint density at radius 1 is 1.35 bits per heavy atom. The molecular weight excluding hydrogens is 310 g/mol. The van der Waals surface area contributed by atoms with Crippen LogP contribution in [0.15, 0.2) is 30.5 Å². The van der Waals surface area contributed by atoms with Crippen molar-refractivity contribution < 1.29 is 4.74 Å². The third-order valence-corrected chi connectivity index (χ3v) is 4.61. The van der Waals surface area contributed by atoms with E-state index in [0.717, 1.165) is 33.6 Å². The molecule has 1 aromatic carbocycles. The highest BCUT2D eigenvalue weighted by atomic mass is 32.1. The SMILES string of the molecule is COc1ccccc1[C@@H](CNc1nn2cc(C)nc2s1)N(C)C. The smallest absolute Gasteiger partial charge is 0.214 e. The third kappa shape index (κ3) is 3.30. The molecule has 6 nitrogen and oxygen atoms in total. The number of hydrogen-bond acceptors (Lipinski definition) is 6. The lowest BCUT2D eigenvalue weighted by molar-refractivity contribution is 0.300. The molecule has 1 atom stereocenters. The molecule has 0 unspecified atom stereocenters. The van der Waals surface area contributed by atoms with Gasteiger partial charge in [0.2, 0.25) is 10.1 Å². The molecule has 23 heavy (non-hydrogen) atoms. The molecule has 3 rings (SSSR count). The Kier molecular flexibility index (Phi) is 4.49. The number of nitrogens with zero attached hydrogens (tertiary/aromatic N) is 4. The van der Waals surface area contributed by atoms with Gasteiger partial charge in [0.1, 0.15) is 5.75 Å². The minimum atomic E-state index is 0.184. The first-order chi connectivity index (χ1) is 11.1. The van der Waals surface area contributed by atoms with E-state index in [4.69, 9.17) is 4.74 Å². The first kappa shape index (κ1) is 15.8. The number of nitrogens with one attached hydrogen (secondary N) is 1. The van der Waals surface area contributed by atoms with Gasteiger partial charge >= 0.3 is 0 Å². The summed E-state index contributed by atoms with van der Waals surface area (Å²) in [6.45, 7) is 2.71. The van der Waals surface area contributed by atoms with Crippen LogP contribution in [0.4, 0.5) is 5.13 Å². The number of imidazole rings is 1. The van der Waals surface area contributed by atoms with E-state index in [2.05, 4.69) is 40.5 Å². The van der Waals surface area contributed by atoms with Crippen molar-refractivity contribution in [1.82, 2.24) is 19.5 Å². The second-order valence-electron chi connectivity index (χ2n) is 5.62. The quantitative estimate of drug-likeness (QED) is 0.753. The summed E-state index contributed by atoms with van der Waals surface area (Å²) in [7, 11) is 5.84. The van der Waals surface area contributed by atoms with Gasteiger partial charge in [-0.25, -0.2) is 9.50 Å². The molecule has 0 fully saturated rings. The molecular formula is C16H21N5OS. The highest BCUT2D eigenvalue weighted by molar-refractivity contribution is 7.20. The van der Waals surface area contributed by atoms with Gasteiger partial charge < -0.3 is 15.0 Å². The standard InChI is InChI=1S/C16H21N5OS/c1-11-10-21-16(18-11)23-15(19-21)17-9-13(20(2)3)12-7-5-6-8-14(12)22-4/h5-8,10,13H,9H2,1-4H3,(H,17,19)/t13-/m1/s1. The van der Waals surface area contributed by atoms with Gasteiger partial charge in [0.15, 0.2) is 0 Å². The normalized spacial score (nSPS) is 12.7. The van der Waals surface area contributed by atoms with E-state index in [9.17, 15) is 0 Å². The van der Waals surface area contributed by atoms with E-state index in [1.807, 2.05) is 35.8 Å². The van der Waals surface area contributed by atoms with Gasteiger partial charge in [0, 0.05) is 12.1 Å². The van der Waals surface area contributed by atoms with Crippen LogP contribution in [0, 0.1) is 6.92 Å². The van der Waals surface area contributed by atoms with E-state index in [-0.39, 0.29) is 6.04 Å². The summed E-state index contributed by atoms with van der Waals surface area (Å²) in [6, 6.07) is 8.30. The molecule has 0 amide bonds. The number of ether oxygens (including phenoxy) is 1. The molecule has 0 aliphatic heterocycles. The summed E-state index contributed by atoms with van der Waals surface area (Å²) in [5.41, 5.74) is 2.14. The summed E-state index contributed by atoms with van der Waals surface area (Å²) < 4.78 is 7.31. The molecule has 0 saturated carbocycles. The molecule has 2 heterocycles. The Morgan fingerprint density at radius 2 is 2.13 bits per heavy atom. The lowest BCUT2D eigenvalue weighted by Gasteiger charge is -2.26. The first-order valence-corrected chi connectivity index (χ1v) is 8.26. The number of rotatable bonds is 6. The van der Waals surface area contributed by atoms with Crippen molar-refractivity contribution in [1.29, 1.82) is 0 Å². The van der Waals surface area contributed by atoms with Crippen LogP contribution in [-0.4, -0.2) is 47.2 Å². The predicted molar refractivity (Wildman–Crippen MR) is 93.5 cm³/mol. The lowest BCUT2D eigenvalue weighted by Crippen LogP contribution is -2.27. The Hall–Kier alpha value is -2.12. The number of anilines is 1. The number of hydrogen-bond donors (Lipinski definition) is 1. The molecule has 0 bridgehead atoms. The van der Waals surface area contributed by atoms with Crippen LogP contribution in [0.1, 0.15) is 17.3 Å². The minimum absolute atomic E-state index is 0.184. The van der Waals surface area contributed by atoms with Crippen LogP contribution >= 0.6 is 11.3 Å². The van der Waals surface area contributed by atoms with Crippen LogP contribution in [0.2, 0.25) is 0 Å². The molecule has 2 aromatic heterocycles. The number of methoxy groups -OCH3 is 1. The number of fused-ring (bicyclic) bond motifs is 1. The lowest BCUT2D eigenvalue weighted by atomic mass is 10.0. The largest absolute Gasteiger partial charge is 0.496 e. The first-order valence-electron chi connectivity index (χ1n) is 7.44. The monoisotopic (exact) mass is 331 g/mol. The zero-order valence-electron chi connectivity index (χ0n) is 13.8. The van der Waals surface area contributed by atoms with Gasteiger partial charge in [-0.1, -0.05) is 29.5 Å². The van der Waals surface area contributed by atoms with Crippen LogP contribution in [-0.2, 0) is 0 Å². The Balaban J connectivity index is 1.78. The van der Waals surface area contributed by atoms with Crippen molar-refractivity contribution >= 4 is 21.4 Å². The molecule has 0 spiro atoms. The maximum absolute atomic E-state index is 5.50. The Labute approximate surface area is 139 Å². The van der Waals surface area contributed by atoms with Crippen LogP contribution in [0.25, 0.3) is 4.96 Å². The van der Waals surface area contributed by atoms with Gasteiger partial charge in [-0.05, 0) is 27.1 Å². The second kappa shape index (κ2) is 6.55. The zero-order valence-corrected chi connectivity index (χ0v) is 14.6. The minimum Gasteiger partial charge on any atom is -0.496 e. The molecule has 122 valence electrons. The summed E-state index contributed by atoms with van der Waals surface area (Å²) in [5, 5.41) is 8.80. The molecule has 0 aliphatic carbocycles. The predicted octanol–water partition coefficient (Wildman–Crippen LogP) is 2.82. The van der Waals surface area contributed by atoms with E-state index < -0.39 is 0 Å². The van der Waals surface area contributed by atoms with Crippen LogP contribution < -0.4 is 10.1 Å². The number of aromatic nitrogens is 3. The maximum Gasteiger partial charge on any atom is 0.214 e. The van der Waals surface area contributed by atoms with Crippen molar-refractivity contribution in [2.24, 2.45) is 0 Å². The van der Waals surface area contributed by atoms with Crippen molar-refractivity contribution in [2.75, 3.05) is 33.1 Å². The van der Waals surface area contributed by atoms with E-state index in [0.29, 0.717) is 0 Å². The summed E-state index contributed by atoms with van der Waals surface area (Å²) in [4.78, 5) is 7.51. The van der Waals surface area contributed by atoms with E-state index in [1.54, 1.807) is 18.4 Å². The van der Waals surface area contributed by atoms with Crippen molar-refractivity contribution in [3.8, 4) is 5.75 Å². The number of benzene rings is 1. The summed E-state index contributed by atoms with van der Waals surface area (Å²) in [5.74, 6) is 0.901. The fraction of sp³-hybridized carbons (Fsp3) is 0.375. The Morgan fingerprint density at radius 3 is 2.83 bits per heavy atom. The van der Waals surface area contributed by atoms with Gasteiger partial charge in [-0.15, -0.1) is 5.10 Å². The zero-order chi connectivity index (χ0) is 16.4. The van der Waals surface area contributed by atoms with E-state index >= 15 is 0 Å². The number of para-hydroxylation sites is 1. The second-order valence-corrected chi connectivity index (χ2v) is 6.57. The molecule has 1 N–H and O–H groups in total. The molecule has 7 heteroatoms. The molecule has 3 aromatic rings. The van der Waals surface area contributed by atoms with Crippen LogP contribution in [0.3, 0.4) is 0 Å². The summed E-state index contributed by atoms with van der Waals surface area (Å²) in [6.07, 6.45) is 1.93. The number of aryl methyl sites for hydroxylation is 1. The van der Waals surface area contributed by atoms with Crippen molar-refractivity contribution in [3.63, 3.8) is 0 Å². The third-order valence-electron chi connectivity index (χ3n) is 3.73. The average Bonchev–Trinajstić information content (AvgIpc) is 3.04. The topological polar surface area (TPSA) is 54.7 Å². The van der Waals surface area contributed by atoms with Gasteiger partial charge in [-0.3, -0.25) is 0 Å². The number of likely N-dealkylation sites (N-methyl/N-ethyl adjacent to an activating group) is 1. The van der Waals surface area contributed by atoms with Gasteiger partial charge in [0.05, 0.1) is 25.0 Å². The van der Waals surface area contributed by atoms with Gasteiger partial charge in [-0.2, -0.15) is 0 Å². The average molecular weight is 331 g/mol. The molecule has 0 radical (unpaired) electrons. The van der Waals surface area contributed by atoms with E-state index in [1.165, 1.54) is 0 Å². The maximum atomic E-state index is 5.50. The van der Waals surface area contributed by atoms with Crippen molar-refractivity contribution in [3.05, 3.63) is 41.7 Å². The summed E-state index contributed by atoms with van der Waals surface area (Å²) >= 11 is 1.56. The Bertz CT molecular complexity index is 763. The molecule has 0 saturated heterocycles. The van der Waals surface area contributed by atoms with Crippen molar-refractivity contribution in [2.45, 2.75) is 13.0 Å². The van der Waals surface area contributed by atoms with Gasteiger partial charge in [0.25, 0.3) is 0 Å². The highest BCUT2D eigenvalue weighted by Gasteiger charge is 2.18.